The highest BCUT2D eigenvalue weighted by atomic mass is 35.5. The molecule has 2 aromatic heterocycles. The number of benzene rings is 1. The van der Waals surface area contributed by atoms with Gasteiger partial charge < -0.3 is 4.74 Å². The van der Waals surface area contributed by atoms with Gasteiger partial charge in [0.2, 0.25) is 0 Å². The lowest BCUT2D eigenvalue weighted by molar-refractivity contribution is 0.415. The molecular weight excluding hydrogens is 320 g/mol. The zero-order chi connectivity index (χ0) is 15.5. The van der Waals surface area contributed by atoms with Gasteiger partial charge in [-0.1, -0.05) is 23.4 Å². The Bertz CT molecular complexity index is 806. The Morgan fingerprint density at radius 1 is 1.27 bits per heavy atom. The van der Waals surface area contributed by atoms with Crippen LogP contribution in [-0.4, -0.2) is 33.5 Å². The van der Waals surface area contributed by atoms with E-state index in [1.807, 2.05) is 30.7 Å². The summed E-state index contributed by atoms with van der Waals surface area (Å²) in [5.74, 6) is 0.684. The van der Waals surface area contributed by atoms with Crippen molar-refractivity contribution in [3.8, 4) is 28.3 Å². The van der Waals surface area contributed by atoms with Gasteiger partial charge in [0, 0.05) is 28.5 Å². The molecule has 0 radical (unpaired) electrons. The number of methoxy groups -OCH3 is 1. The van der Waals surface area contributed by atoms with Crippen LogP contribution in [0.5, 0.6) is 5.75 Å². The molecule has 0 spiro atoms. The number of nitrogens with one attached hydrogen (secondary N) is 1. The zero-order valence-electron chi connectivity index (χ0n) is 12.0. The monoisotopic (exact) mass is 332 g/mol. The number of thioether (sulfide) groups is 1. The Balaban J connectivity index is 2.10. The topological polar surface area (TPSA) is 63.7 Å². The van der Waals surface area contributed by atoms with Crippen molar-refractivity contribution in [2.24, 2.45) is 0 Å². The van der Waals surface area contributed by atoms with Crippen LogP contribution >= 0.6 is 23.4 Å². The minimum Gasteiger partial charge on any atom is -0.497 e. The molecule has 22 heavy (non-hydrogen) atoms. The molecule has 0 aliphatic heterocycles. The van der Waals surface area contributed by atoms with Crippen molar-refractivity contribution in [3.05, 3.63) is 41.7 Å². The van der Waals surface area contributed by atoms with Gasteiger partial charge in [0.1, 0.15) is 11.4 Å². The molecule has 2 heterocycles. The maximum Gasteiger partial charge on any atom is 0.187 e. The normalized spacial score (nSPS) is 10.7. The molecule has 0 unspecified atom stereocenters. The van der Waals surface area contributed by atoms with Crippen molar-refractivity contribution in [1.82, 2.24) is 20.2 Å². The van der Waals surface area contributed by atoms with Crippen molar-refractivity contribution in [2.75, 3.05) is 13.4 Å². The van der Waals surface area contributed by atoms with Crippen molar-refractivity contribution in [3.63, 3.8) is 0 Å². The predicted molar refractivity (Wildman–Crippen MR) is 88.4 cm³/mol. The molecule has 5 nitrogen and oxygen atoms in total. The fourth-order valence-electron chi connectivity index (χ4n) is 2.11. The number of ether oxygens (including phenoxy) is 1. The third-order valence-corrected chi connectivity index (χ3v) is 3.89. The number of H-pyrrole nitrogens is 1. The van der Waals surface area contributed by atoms with Crippen LogP contribution in [0.1, 0.15) is 0 Å². The van der Waals surface area contributed by atoms with Crippen LogP contribution < -0.4 is 4.74 Å². The fraction of sp³-hybridized carbons (Fsp3) is 0.133. The van der Waals surface area contributed by atoms with Crippen LogP contribution in [0.3, 0.4) is 0 Å². The van der Waals surface area contributed by atoms with E-state index in [1.54, 1.807) is 19.4 Å². The van der Waals surface area contributed by atoms with Gasteiger partial charge in [-0.2, -0.15) is 5.10 Å². The Morgan fingerprint density at radius 2 is 2.14 bits per heavy atom. The standard InChI is InChI=1S/C15H13ClN4OS/c1-21-11-6-9(5-10(16)7-11)14-12(8-18-20-14)13-3-4-17-15(19-13)22-2/h3-8H,1-2H3,(H,18,20). The van der Waals surface area contributed by atoms with E-state index in [-0.39, 0.29) is 0 Å². The summed E-state index contributed by atoms with van der Waals surface area (Å²) in [6, 6.07) is 7.35. The highest BCUT2D eigenvalue weighted by Crippen LogP contribution is 2.33. The molecule has 1 aromatic carbocycles. The molecule has 0 saturated carbocycles. The largest absolute Gasteiger partial charge is 0.497 e. The number of hydrogen-bond acceptors (Lipinski definition) is 5. The molecule has 3 rings (SSSR count). The van der Waals surface area contributed by atoms with Gasteiger partial charge in [0.05, 0.1) is 12.8 Å². The minimum atomic E-state index is 0.593. The lowest BCUT2D eigenvalue weighted by Gasteiger charge is -2.06. The van der Waals surface area contributed by atoms with Crippen LogP contribution in [-0.2, 0) is 0 Å². The van der Waals surface area contributed by atoms with Crippen LogP contribution in [0, 0.1) is 0 Å². The van der Waals surface area contributed by atoms with E-state index in [1.165, 1.54) is 11.8 Å². The highest BCUT2D eigenvalue weighted by Gasteiger charge is 2.14. The summed E-state index contributed by atoms with van der Waals surface area (Å²) >= 11 is 7.64. The summed E-state index contributed by atoms with van der Waals surface area (Å²) in [6.07, 6.45) is 5.50. The Labute approximate surface area is 137 Å². The lowest BCUT2D eigenvalue weighted by Crippen LogP contribution is -1.91. The van der Waals surface area contributed by atoms with Gasteiger partial charge >= 0.3 is 0 Å². The SMILES string of the molecule is COc1cc(Cl)cc(-c2n[nH]cc2-c2ccnc(SC)n2)c1. The highest BCUT2D eigenvalue weighted by molar-refractivity contribution is 7.98. The van der Waals surface area contributed by atoms with Crippen LogP contribution in [0.25, 0.3) is 22.5 Å². The number of halogens is 1. The summed E-state index contributed by atoms with van der Waals surface area (Å²) in [6.45, 7) is 0. The smallest absolute Gasteiger partial charge is 0.187 e. The summed E-state index contributed by atoms with van der Waals surface area (Å²) in [4.78, 5) is 8.70. The molecule has 3 aromatic rings. The van der Waals surface area contributed by atoms with Crippen molar-refractivity contribution >= 4 is 23.4 Å². The molecule has 0 atom stereocenters. The Morgan fingerprint density at radius 3 is 2.91 bits per heavy atom. The van der Waals surface area contributed by atoms with Gasteiger partial charge in [-0.05, 0) is 30.5 Å². The molecule has 0 saturated heterocycles. The van der Waals surface area contributed by atoms with Gasteiger partial charge in [-0.25, -0.2) is 9.97 Å². The molecule has 0 aliphatic rings. The first kappa shape index (κ1) is 14.9. The molecule has 112 valence electrons. The van der Waals surface area contributed by atoms with E-state index in [9.17, 15) is 0 Å². The van der Waals surface area contributed by atoms with E-state index in [0.717, 1.165) is 22.5 Å². The first-order chi connectivity index (χ1) is 10.7. The molecule has 1 N–H and O–H groups in total. The van der Waals surface area contributed by atoms with E-state index in [2.05, 4.69) is 20.2 Å². The van der Waals surface area contributed by atoms with Gasteiger partial charge in [0.25, 0.3) is 0 Å². The number of aromatic amines is 1. The zero-order valence-corrected chi connectivity index (χ0v) is 13.6. The van der Waals surface area contributed by atoms with E-state index in [0.29, 0.717) is 15.9 Å². The van der Waals surface area contributed by atoms with Crippen molar-refractivity contribution < 1.29 is 4.74 Å². The average molecular weight is 333 g/mol. The third kappa shape index (κ3) is 2.93. The lowest BCUT2D eigenvalue weighted by atomic mass is 10.1. The van der Waals surface area contributed by atoms with Crippen molar-refractivity contribution in [1.29, 1.82) is 0 Å². The molecule has 0 amide bonds. The molecule has 0 bridgehead atoms. The summed E-state index contributed by atoms with van der Waals surface area (Å²) in [7, 11) is 1.61. The quantitative estimate of drug-likeness (QED) is 0.579. The second-order valence-corrected chi connectivity index (χ2v) is 5.67. The van der Waals surface area contributed by atoms with E-state index in [4.69, 9.17) is 16.3 Å². The maximum atomic E-state index is 6.14. The first-order valence-corrected chi connectivity index (χ1v) is 8.07. The average Bonchev–Trinajstić information content (AvgIpc) is 3.04. The Hall–Kier alpha value is -2.05. The molecule has 0 fully saturated rings. The minimum absolute atomic E-state index is 0.593. The molecular formula is C15H13ClN4OS. The molecule has 7 heteroatoms. The maximum absolute atomic E-state index is 6.14. The van der Waals surface area contributed by atoms with Crippen molar-refractivity contribution in [2.45, 2.75) is 5.16 Å². The summed E-state index contributed by atoms with van der Waals surface area (Å²) < 4.78 is 5.26. The van der Waals surface area contributed by atoms with E-state index < -0.39 is 0 Å². The van der Waals surface area contributed by atoms with Gasteiger partial charge in [-0.3, -0.25) is 5.10 Å². The second-order valence-electron chi connectivity index (χ2n) is 4.46. The third-order valence-electron chi connectivity index (χ3n) is 3.11. The fourth-order valence-corrected chi connectivity index (χ4v) is 2.69. The first-order valence-electron chi connectivity index (χ1n) is 6.47. The summed E-state index contributed by atoms with van der Waals surface area (Å²) in [5, 5.41) is 8.53. The van der Waals surface area contributed by atoms with Crippen LogP contribution in [0.2, 0.25) is 5.02 Å². The van der Waals surface area contributed by atoms with Gasteiger partial charge in [0.15, 0.2) is 5.16 Å². The summed E-state index contributed by atoms with van der Waals surface area (Å²) in [5.41, 5.74) is 3.33. The number of nitrogens with zero attached hydrogens (tertiary/aromatic N) is 3. The second kappa shape index (κ2) is 6.37. The van der Waals surface area contributed by atoms with Crippen LogP contribution in [0.15, 0.2) is 41.8 Å². The van der Waals surface area contributed by atoms with E-state index >= 15 is 0 Å². The Kier molecular flexibility index (Phi) is 4.31. The van der Waals surface area contributed by atoms with Crippen LogP contribution in [0.4, 0.5) is 0 Å². The van der Waals surface area contributed by atoms with Gasteiger partial charge in [-0.15, -0.1) is 0 Å². The number of hydrogen-bond donors (Lipinski definition) is 1. The predicted octanol–water partition coefficient (Wildman–Crippen LogP) is 3.92. The molecule has 0 aliphatic carbocycles. The number of aromatic nitrogens is 4. The number of rotatable bonds is 4.